The van der Waals surface area contributed by atoms with E-state index in [1.54, 1.807) is 13.2 Å². The third-order valence-electron chi connectivity index (χ3n) is 5.32. The van der Waals surface area contributed by atoms with Gasteiger partial charge in [0.1, 0.15) is 23.8 Å². The second-order valence-electron chi connectivity index (χ2n) is 7.65. The van der Waals surface area contributed by atoms with Crippen LogP contribution in [0.25, 0.3) is 5.65 Å². The number of hydrogen-bond donors (Lipinski definition) is 1. The number of carbonyl (C=O) groups excluding carboxylic acids is 1. The summed E-state index contributed by atoms with van der Waals surface area (Å²) in [6.07, 6.45) is 5.65. The molecule has 2 heterocycles. The van der Waals surface area contributed by atoms with Gasteiger partial charge in [0.15, 0.2) is 0 Å². The zero-order chi connectivity index (χ0) is 22.3. The minimum Gasteiger partial charge on any atom is -0.497 e. The quantitative estimate of drug-likeness (QED) is 0.395. The van der Waals surface area contributed by atoms with Gasteiger partial charge in [0.2, 0.25) is 0 Å². The van der Waals surface area contributed by atoms with Gasteiger partial charge in [-0.05, 0) is 61.2 Å². The lowest BCUT2D eigenvalue weighted by Gasteiger charge is -2.11. The van der Waals surface area contributed by atoms with Crippen LogP contribution in [0, 0.1) is 6.92 Å². The first-order valence-corrected chi connectivity index (χ1v) is 10.7. The summed E-state index contributed by atoms with van der Waals surface area (Å²) in [5.74, 6) is 1.26. The van der Waals surface area contributed by atoms with Crippen molar-refractivity contribution >= 4 is 11.6 Å². The summed E-state index contributed by atoms with van der Waals surface area (Å²) >= 11 is 0. The molecule has 4 rings (SSSR count). The van der Waals surface area contributed by atoms with E-state index in [-0.39, 0.29) is 5.91 Å². The van der Waals surface area contributed by atoms with Crippen molar-refractivity contribution in [2.24, 2.45) is 0 Å². The molecular formula is C26H27N3O3. The molecule has 0 bridgehead atoms. The van der Waals surface area contributed by atoms with Gasteiger partial charge in [0.05, 0.1) is 18.4 Å². The van der Waals surface area contributed by atoms with Crippen LogP contribution in [0.2, 0.25) is 0 Å². The van der Waals surface area contributed by atoms with E-state index in [1.807, 2.05) is 78.3 Å². The molecule has 0 radical (unpaired) electrons. The lowest BCUT2D eigenvalue weighted by atomic mass is 10.1. The lowest BCUT2D eigenvalue weighted by Crippen LogP contribution is -2.25. The number of fused-ring (bicyclic) bond motifs is 1. The molecule has 6 nitrogen and oxygen atoms in total. The Bertz CT molecular complexity index is 1200. The van der Waals surface area contributed by atoms with Gasteiger partial charge in [-0.3, -0.25) is 4.79 Å². The van der Waals surface area contributed by atoms with Crippen LogP contribution in [0.4, 0.5) is 0 Å². The third kappa shape index (κ3) is 5.09. The number of carbonyl (C=O) groups is 1. The average Bonchev–Trinajstić information content (AvgIpc) is 3.25. The fourth-order valence-corrected chi connectivity index (χ4v) is 3.59. The van der Waals surface area contributed by atoms with Crippen LogP contribution in [0.3, 0.4) is 0 Å². The molecule has 0 atom stereocenters. The molecule has 0 aliphatic carbocycles. The van der Waals surface area contributed by atoms with Crippen LogP contribution >= 0.6 is 0 Å². The van der Waals surface area contributed by atoms with Crippen molar-refractivity contribution in [1.29, 1.82) is 0 Å². The number of hydrogen-bond acceptors (Lipinski definition) is 4. The molecule has 2 aromatic carbocycles. The zero-order valence-corrected chi connectivity index (χ0v) is 18.4. The van der Waals surface area contributed by atoms with Crippen molar-refractivity contribution in [3.63, 3.8) is 0 Å². The van der Waals surface area contributed by atoms with Gasteiger partial charge in [-0.25, -0.2) is 4.98 Å². The van der Waals surface area contributed by atoms with Crippen molar-refractivity contribution in [2.75, 3.05) is 13.7 Å². The van der Waals surface area contributed by atoms with Gasteiger partial charge in [-0.1, -0.05) is 30.3 Å². The normalized spacial score (nSPS) is 10.8. The van der Waals surface area contributed by atoms with Crippen LogP contribution < -0.4 is 14.8 Å². The predicted octanol–water partition coefficient (Wildman–Crippen LogP) is 4.59. The second-order valence-corrected chi connectivity index (χ2v) is 7.65. The van der Waals surface area contributed by atoms with Crippen molar-refractivity contribution in [3.05, 3.63) is 95.4 Å². The Labute approximate surface area is 187 Å². The van der Waals surface area contributed by atoms with Crippen LogP contribution in [-0.2, 0) is 13.0 Å². The zero-order valence-electron chi connectivity index (χ0n) is 18.4. The van der Waals surface area contributed by atoms with Crippen molar-refractivity contribution in [2.45, 2.75) is 26.4 Å². The molecule has 0 saturated carbocycles. The van der Waals surface area contributed by atoms with E-state index in [4.69, 9.17) is 9.47 Å². The first kappa shape index (κ1) is 21.4. The number of rotatable bonds is 9. The monoisotopic (exact) mass is 429 g/mol. The Morgan fingerprint density at radius 2 is 1.88 bits per heavy atom. The number of imidazole rings is 1. The molecule has 1 amide bonds. The molecule has 0 aliphatic rings. The van der Waals surface area contributed by atoms with E-state index < -0.39 is 0 Å². The van der Waals surface area contributed by atoms with Gasteiger partial charge in [0, 0.05) is 18.9 Å². The Morgan fingerprint density at radius 3 is 2.66 bits per heavy atom. The maximum Gasteiger partial charge on any atom is 0.255 e. The molecule has 164 valence electrons. The van der Waals surface area contributed by atoms with E-state index in [2.05, 4.69) is 10.3 Å². The van der Waals surface area contributed by atoms with Crippen molar-refractivity contribution in [3.8, 4) is 11.5 Å². The molecule has 32 heavy (non-hydrogen) atoms. The molecule has 0 aliphatic heterocycles. The highest BCUT2D eigenvalue weighted by Crippen LogP contribution is 2.20. The summed E-state index contributed by atoms with van der Waals surface area (Å²) in [4.78, 5) is 17.4. The minimum atomic E-state index is -0.138. The van der Waals surface area contributed by atoms with Crippen LogP contribution in [-0.4, -0.2) is 28.9 Å². The van der Waals surface area contributed by atoms with E-state index in [0.29, 0.717) is 24.5 Å². The molecule has 6 heteroatoms. The lowest BCUT2D eigenvalue weighted by molar-refractivity contribution is 0.0948. The largest absolute Gasteiger partial charge is 0.497 e. The maximum absolute atomic E-state index is 12.7. The maximum atomic E-state index is 12.7. The van der Waals surface area contributed by atoms with Crippen LogP contribution in [0.15, 0.2) is 73.1 Å². The van der Waals surface area contributed by atoms with E-state index in [0.717, 1.165) is 35.5 Å². The molecular weight excluding hydrogens is 402 g/mol. The highest BCUT2D eigenvalue weighted by atomic mass is 16.5. The summed E-state index contributed by atoms with van der Waals surface area (Å²) in [6.45, 7) is 2.91. The number of nitrogens with one attached hydrogen (secondary N) is 1. The summed E-state index contributed by atoms with van der Waals surface area (Å²) in [5.41, 5.74) is 4.57. The number of ether oxygens (including phenoxy) is 2. The Morgan fingerprint density at radius 1 is 1.06 bits per heavy atom. The number of aromatic nitrogens is 2. The van der Waals surface area contributed by atoms with Gasteiger partial charge >= 0.3 is 0 Å². The standard InChI is InChI=1S/C26H27N3O3/c1-19-7-6-16-29-17-21(28-25(19)29)18-32-24-10-4-3-9-23(24)26(30)27-15-5-8-20-11-13-22(31-2)14-12-20/h3-4,6-7,9-14,16-17H,5,8,15,18H2,1-2H3,(H,27,30). The first-order chi connectivity index (χ1) is 15.6. The minimum absolute atomic E-state index is 0.138. The second kappa shape index (κ2) is 10.0. The third-order valence-corrected chi connectivity index (χ3v) is 5.32. The van der Waals surface area contributed by atoms with Crippen LogP contribution in [0.5, 0.6) is 11.5 Å². The molecule has 0 fully saturated rings. The Hall–Kier alpha value is -3.80. The van der Waals surface area contributed by atoms with Crippen molar-refractivity contribution in [1.82, 2.24) is 14.7 Å². The van der Waals surface area contributed by atoms with Gasteiger partial charge in [0.25, 0.3) is 5.91 Å². The number of benzene rings is 2. The summed E-state index contributed by atoms with van der Waals surface area (Å²) < 4.78 is 13.1. The van der Waals surface area contributed by atoms with E-state index >= 15 is 0 Å². The Balaban J connectivity index is 1.32. The fraction of sp³-hybridized carbons (Fsp3) is 0.231. The topological polar surface area (TPSA) is 64.9 Å². The van der Waals surface area contributed by atoms with Crippen molar-refractivity contribution < 1.29 is 14.3 Å². The number of para-hydroxylation sites is 1. The van der Waals surface area contributed by atoms with Gasteiger partial charge in [-0.15, -0.1) is 0 Å². The number of methoxy groups -OCH3 is 1. The average molecular weight is 430 g/mol. The number of amides is 1. The van der Waals surface area contributed by atoms with Gasteiger partial charge in [-0.2, -0.15) is 0 Å². The summed E-state index contributed by atoms with van der Waals surface area (Å²) in [7, 11) is 1.66. The fourth-order valence-electron chi connectivity index (χ4n) is 3.59. The van der Waals surface area contributed by atoms with E-state index in [1.165, 1.54) is 5.56 Å². The molecule has 0 unspecified atom stereocenters. The Kier molecular flexibility index (Phi) is 6.70. The number of nitrogens with zero attached hydrogens (tertiary/aromatic N) is 2. The molecule has 2 aromatic heterocycles. The number of pyridine rings is 1. The smallest absolute Gasteiger partial charge is 0.255 e. The number of aryl methyl sites for hydroxylation is 2. The molecule has 0 saturated heterocycles. The van der Waals surface area contributed by atoms with Crippen LogP contribution in [0.1, 0.15) is 33.6 Å². The molecule has 0 spiro atoms. The summed E-state index contributed by atoms with van der Waals surface area (Å²) in [5, 5.41) is 3.00. The van der Waals surface area contributed by atoms with Gasteiger partial charge < -0.3 is 19.2 Å². The molecule has 4 aromatic rings. The first-order valence-electron chi connectivity index (χ1n) is 10.7. The highest BCUT2D eigenvalue weighted by molar-refractivity contribution is 5.96. The predicted molar refractivity (Wildman–Crippen MR) is 124 cm³/mol. The molecule has 1 N–H and O–H groups in total. The highest BCUT2D eigenvalue weighted by Gasteiger charge is 2.13. The summed E-state index contributed by atoms with van der Waals surface area (Å²) in [6, 6.07) is 19.3. The van der Waals surface area contributed by atoms with E-state index in [9.17, 15) is 4.79 Å². The SMILES string of the molecule is COc1ccc(CCCNC(=O)c2ccccc2OCc2cn3cccc(C)c3n2)cc1.